The first-order valence-electron chi connectivity index (χ1n) is 6.05. The number of halogens is 1. The van der Waals surface area contributed by atoms with Crippen LogP contribution in [0.15, 0.2) is 24.0 Å². The number of allylic oxidation sites excluding steroid dienone is 2. The van der Waals surface area contributed by atoms with Gasteiger partial charge in [0.2, 0.25) is 0 Å². The molecule has 1 fully saturated rings. The molecule has 5 atom stereocenters. The van der Waals surface area contributed by atoms with Crippen LogP contribution in [0.3, 0.4) is 0 Å². The van der Waals surface area contributed by atoms with E-state index in [9.17, 15) is 19.4 Å². The Bertz CT molecular complexity index is 424. The van der Waals surface area contributed by atoms with Crippen LogP contribution in [0.4, 0.5) is 9.18 Å². The van der Waals surface area contributed by atoms with Gasteiger partial charge >= 0.3 is 6.03 Å². The second-order valence-corrected chi connectivity index (χ2v) is 4.56. The lowest BCUT2D eigenvalue weighted by Gasteiger charge is -2.29. The van der Waals surface area contributed by atoms with E-state index < -0.39 is 36.7 Å². The first-order chi connectivity index (χ1) is 8.95. The Hall–Kier alpha value is -1.44. The number of carbonyl (C=O) groups is 1. The average molecular weight is 272 g/mol. The van der Waals surface area contributed by atoms with Gasteiger partial charge in [0, 0.05) is 11.9 Å². The van der Waals surface area contributed by atoms with Crippen molar-refractivity contribution in [2.45, 2.75) is 44.6 Å². The Morgan fingerprint density at radius 2 is 2.32 bits per heavy atom. The number of carbonyl (C=O) groups excluding carboxylic acids is 1. The number of rotatable bonds is 2. The van der Waals surface area contributed by atoms with Crippen molar-refractivity contribution in [2.24, 2.45) is 0 Å². The molecule has 1 saturated heterocycles. The third-order valence-electron chi connectivity index (χ3n) is 3.19. The maximum atomic E-state index is 14.0. The van der Waals surface area contributed by atoms with Crippen LogP contribution in [0.5, 0.6) is 0 Å². The fraction of sp³-hybridized carbons (Fsp3) is 0.583. The molecule has 0 radical (unpaired) electrons. The number of nitrogens with one attached hydrogen (secondary N) is 1. The highest BCUT2D eigenvalue weighted by molar-refractivity contribution is 5.79. The summed E-state index contributed by atoms with van der Waals surface area (Å²) in [7, 11) is 0. The molecular weight excluding hydrogens is 255 g/mol. The van der Waals surface area contributed by atoms with Gasteiger partial charge in [0.05, 0.1) is 6.10 Å². The van der Waals surface area contributed by atoms with E-state index in [-0.39, 0.29) is 0 Å². The molecule has 2 rings (SSSR count). The normalized spacial score (nSPS) is 38.7. The minimum atomic E-state index is -1.78. The van der Waals surface area contributed by atoms with E-state index in [0.29, 0.717) is 5.70 Å². The maximum absolute atomic E-state index is 14.0. The predicted molar refractivity (Wildman–Crippen MR) is 64.5 cm³/mol. The van der Waals surface area contributed by atoms with E-state index in [2.05, 4.69) is 5.32 Å². The monoisotopic (exact) mass is 272 g/mol. The van der Waals surface area contributed by atoms with Crippen molar-refractivity contribution in [2.75, 3.05) is 0 Å². The summed E-state index contributed by atoms with van der Waals surface area (Å²) in [5.74, 6) is 0. The third-order valence-corrected chi connectivity index (χ3v) is 3.19. The second-order valence-electron chi connectivity index (χ2n) is 4.56. The fourth-order valence-corrected chi connectivity index (χ4v) is 2.11. The number of nitrogens with zero attached hydrogens (tertiary/aromatic N) is 1. The van der Waals surface area contributed by atoms with Crippen LogP contribution < -0.4 is 5.32 Å². The van der Waals surface area contributed by atoms with Crippen molar-refractivity contribution >= 4 is 6.03 Å². The van der Waals surface area contributed by atoms with Gasteiger partial charge in [0.15, 0.2) is 12.4 Å². The second kappa shape index (κ2) is 5.28. The number of aliphatic hydroxyl groups excluding tert-OH is 2. The molecule has 7 heteroatoms. The highest BCUT2D eigenvalue weighted by Gasteiger charge is 2.49. The van der Waals surface area contributed by atoms with Crippen molar-refractivity contribution in [3.05, 3.63) is 24.0 Å². The quantitative estimate of drug-likeness (QED) is 0.672. The molecule has 1 unspecified atom stereocenters. The number of aliphatic hydroxyl groups is 2. The van der Waals surface area contributed by atoms with Crippen molar-refractivity contribution in [1.29, 1.82) is 0 Å². The molecule has 0 spiro atoms. The van der Waals surface area contributed by atoms with Gasteiger partial charge in [0.25, 0.3) is 0 Å². The summed E-state index contributed by atoms with van der Waals surface area (Å²) in [6, 6.07) is -0.540. The molecule has 6 nitrogen and oxygen atoms in total. The Labute approximate surface area is 110 Å². The van der Waals surface area contributed by atoms with Gasteiger partial charge < -0.3 is 20.3 Å². The van der Waals surface area contributed by atoms with Crippen LogP contribution in [-0.2, 0) is 4.74 Å². The molecule has 19 heavy (non-hydrogen) atoms. The molecule has 0 aromatic heterocycles. The molecular formula is C12H17FN2O4. The number of alkyl halides is 1. The van der Waals surface area contributed by atoms with E-state index in [1.54, 1.807) is 19.1 Å². The fourth-order valence-electron chi connectivity index (χ4n) is 2.11. The molecule has 2 amide bonds. The highest BCUT2D eigenvalue weighted by Crippen LogP contribution is 2.29. The first kappa shape index (κ1) is 14.0. The Morgan fingerprint density at radius 1 is 1.63 bits per heavy atom. The SMILES string of the molecule is C/C=C1\C=CN([C@@H]2OC([C@H](C)O)[C@@H](O)[C@H]2F)C(=O)N1. The van der Waals surface area contributed by atoms with Crippen molar-refractivity contribution in [3.8, 4) is 0 Å². The zero-order valence-electron chi connectivity index (χ0n) is 10.7. The summed E-state index contributed by atoms with van der Waals surface area (Å²) in [5.41, 5.74) is 0.599. The van der Waals surface area contributed by atoms with Gasteiger partial charge in [-0.1, -0.05) is 6.08 Å². The van der Waals surface area contributed by atoms with Crippen LogP contribution in [0.2, 0.25) is 0 Å². The molecule has 0 saturated carbocycles. The number of amides is 2. The summed E-state index contributed by atoms with van der Waals surface area (Å²) in [5, 5.41) is 21.6. The number of urea groups is 1. The number of ether oxygens (including phenoxy) is 1. The van der Waals surface area contributed by atoms with Crippen molar-refractivity contribution in [1.82, 2.24) is 10.2 Å². The molecule has 2 aliphatic heterocycles. The average Bonchev–Trinajstić information content (AvgIpc) is 2.66. The van der Waals surface area contributed by atoms with Crippen LogP contribution in [-0.4, -0.2) is 51.9 Å². The predicted octanol–water partition coefficient (Wildman–Crippen LogP) is 0.234. The van der Waals surface area contributed by atoms with Crippen LogP contribution in [0.1, 0.15) is 13.8 Å². The molecule has 0 aromatic rings. The van der Waals surface area contributed by atoms with Gasteiger partial charge in [-0.3, -0.25) is 4.90 Å². The minimum Gasteiger partial charge on any atom is -0.391 e. The van der Waals surface area contributed by atoms with E-state index in [1.807, 2.05) is 0 Å². The maximum Gasteiger partial charge on any atom is 0.328 e. The van der Waals surface area contributed by atoms with Crippen molar-refractivity contribution in [3.63, 3.8) is 0 Å². The molecule has 0 bridgehead atoms. The highest BCUT2D eigenvalue weighted by atomic mass is 19.1. The lowest BCUT2D eigenvalue weighted by atomic mass is 10.1. The van der Waals surface area contributed by atoms with Gasteiger partial charge in [0.1, 0.15) is 12.2 Å². The molecule has 2 heterocycles. The van der Waals surface area contributed by atoms with Gasteiger partial charge in [-0.2, -0.15) is 0 Å². The largest absolute Gasteiger partial charge is 0.391 e. The first-order valence-corrected chi connectivity index (χ1v) is 6.05. The van der Waals surface area contributed by atoms with E-state index in [0.717, 1.165) is 4.90 Å². The lowest BCUT2D eigenvalue weighted by Crippen LogP contribution is -2.48. The number of hydrogen-bond acceptors (Lipinski definition) is 4. The van der Waals surface area contributed by atoms with Gasteiger partial charge in [-0.25, -0.2) is 9.18 Å². The van der Waals surface area contributed by atoms with Crippen LogP contribution >= 0.6 is 0 Å². The number of hydrogen-bond donors (Lipinski definition) is 3. The topological polar surface area (TPSA) is 82.0 Å². The van der Waals surface area contributed by atoms with Gasteiger partial charge in [-0.05, 0) is 19.9 Å². The lowest BCUT2D eigenvalue weighted by molar-refractivity contribution is -0.0839. The summed E-state index contributed by atoms with van der Waals surface area (Å²) in [6.45, 7) is 3.15. The van der Waals surface area contributed by atoms with Gasteiger partial charge in [-0.15, -0.1) is 0 Å². The Balaban J connectivity index is 2.17. The van der Waals surface area contributed by atoms with E-state index in [4.69, 9.17) is 4.74 Å². The third kappa shape index (κ3) is 2.49. The Kier molecular flexibility index (Phi) is 3.88. The molecule has 0 aliphatic carbocycles. The summed E-state index contributed by atoms with van der Waals surface area (Å²) in [4.78, 5) is 12.8. The zero-order chi connectivity index (χ0) is 14.2. The zero-order valence-corrected chi connectivity index (χ0v) is 10.7. The summed E-state index contributed by atoms with van der Waals surface area (Å²) >= 11 is 0. The van der Waals surface area contributed by atoms with Crippen LogP contribution in [0.25, 0.3) is 0 Å². The summed E-state index contributed by atoms with van der Waals surface area (Å²) in [6.07, 6.45) is -1.88. The minimum absolute atomic E-state index is 0.540. The summed E-state index contributed by atoms with van der Waals surface area (Å²) < 4.78 is 19.2. The molecule has 0 aromatic carbocycles. The Morgan fingerprint density at radius 3 is 2.79 bits per heavy atom. The van der Waals surface area contributed by atoms with Crippen molar-refractivity contribution < 1.29 is 24.1 Å². The van der Waals surface area contributed by atoms with E-state index >= 15 is 0 Å². The standard InChI is InChI=1S/C12H17FN2O4/c1-3-7-4-5-15(12(18)14-7)11-8(13)9(17)10(19-11)6(2)16/h3-6,8-11,16-17H,1-2H3,(H,14,18)/b7-3+/t6-,8+,9-,10?,11+/m0/s1. The molecule has 3 N–H and O–H groups in total. The van der Waals surface area contributed by atoms with E-state index in [1.165, 1.54) is 13.1 Å². The smallest absolute Gasteiger partial charge is 0.328 e. The van der Waals surface area contributed by atoms with Crippen LogP contribution in [0, 0.1) is 0 Å². The molecule has 106 valence electrons. The molecule has 2 aliphatic rings.